The molecule has 0 saturated carbocycles. The van der Waals surface area contributed by atoms with E-state index in [1.165, 1.54) is 6.92 Å². The van der Waals surface area contributed by atoms with E-state index in [4.69, 9.17) is 9.47 Å². The van der Waals surface area contributed by atoms with Crippen molar-refractivity contribution >= 4 is 22.7 Å². The van der Waals surface area contributed by atoms with Gasteiger partial charge in [0.2, 0.25) is 0 Å². The highest BCUT2D eigenvalue weighted by Gasteiger charge is 2.13. The minimum absolute atomic E-state index is 0.00504. The van der Waals surface area contributed by atoms with Crippen LogP contribution in [0.15, 0.2) is 30.3 Å². The van der Waals surface area contributed by atoms with E-state index in [2.05, 4.69) is 0 Å². The Labute approximate surface area is 122 Å². The average Bonchev–Trinajstić information content (AvgIpc) is 2.42. The van der Waals surface area contributed by atoms with E-state index in [1.807, 2.05) is 0 Å². The molecule has 5 heteroatoms. The van der Waals surface area contributed by atoms with E-state index in [9.17, 15) is 14.7 Å². The summed E-state index contributed by atoms with van der Waals surface area (Å²) in [4.78, 5) is 22.6. The van der Waals surface area contributed by atoms with Gasteiger partial charge in [-0.3, -0.25) is 9.59 Å². The molecule has 0 radical (unpaired) electrons. The monoisotopic (exact) mass is 288 g/mol. The molecule has 110 valence electrons. The second-order valence-electron chi connectivity index (χ2n) is 4.50. The normalized spacial score (nSPS) is 10.4. The Morgan fingerprint density at radius 3 is 2.57 bits per heavy atom. The van der Waals surface area contributed by atoms with Crippen molar-refractivity contribution in [1.82, 2.24) is 0 Å². The second-order valence-corrected chi connectivity index (χ2v) is 4.50. The highest BCUT2D eigenvalue weighted by Crippen LogP contribution is 2.34. The fourth-order valence-electron chi connectivity index (χ4n) is 2.11. The van der Waals surface area contributed by atoms with Crippen LogP contribution in [-0.2, 0) is 20.7 Å². The summed E-state index contributed by atoms with van der Waals surface area (Å²) in [6, 6.07) is 8.36. The zero-order valence-corrected chi connectivity index (χ0v) is 11.9. The lowest BCUT2D eigenvalue weighted by molar-refractivity contribution is -0.142. The number of benzene rings is 2. The van der Waals surface area contributed by atoms with Crippen molar-refractivity contribution in [1.29, 1.82) is 0 Å². The molecule has 2 rings (SSSR count). The maximum atomic E-state index is 11.5. The van der Waals surface area contributed by atoms with Crippen LogP contribution in [0.4, 0.5) is 0 Å². The highest BCUT2D eigenvalue weighted by atomic mass is 16.5. The van der Waals surface area contributed by atoms with E-state index < -0.39 is 11.9 Å². The molecule has 0 aliphatic rings. The number of ether oxygens (including phenoxy) is 2. The lowest BCUT2D eigenvalue weighted by atomic mass is 10.0. The number of fused-ring (bicyclic) bond motifs is 1. The number of esters is 2. The maximum Gasteiger partial charge on any atom is 0.310 e. The van der Waals surface area contributed by atoms with Crippen LogP contribution in [-0.4, -0.2) is 23.7 Å². The first kappa shape index (κ1) is 14.8. The van der Waals surface area contributed by atoms with Gasteiger partial charge in [0.1, 0.15) is 11.5 Å². The number of phenols is 1. The second kappa shape index (κ2) is 6.26. The molecule has 5 nitrogen and oxygen atoms in total. The Morgan fingerprint density at radius 1 is 1.14 bits per heavy atom. The van der Waals surface area contributed by atoms with Crippen LogP contribution in [0.3, 0.4) is 0 Å². The van der Waals surface area contributed by atoms with E-state index >= 15 is 0 Å². The molecule has 0 heterocycles. The molecular weight excluding hydrogens is 272 g/mol. The third kappa shape index (κ3) is 3.31. The lowest BCUT2D eigenvalue weighted by Crippen LogP contribution is -2.07. The zero-order chi connectivity index (χ0) is 15.4. The third-order valence-corrected chi connectivity index (χ3v) is 2.97. The summed E-state index contributed by atoms with van der Waals surface area (Å²) in [6.07, 6.45) is -0.00654. The van der Waals surface area contributed by atoms with Crippen LogP contribution in [0.1, 0.15) is 19.4 Å². The summed E-state index contributed by atoms with van der Waals surface area (Å²) in [5.74, 6) is -0.464. The fraction of sp³-hybridized carbons (Fsp3) is 0.250. The van der Waals surface area contributed by atoms with Gasteiger partial charge in [-0.1, -0.05) is 24.3 Å². The van der Waals surface area contributed by atoms with Gasteiger partial charge in [0.05, 0.1) is 13.0 Å². The predicted octanol–water partition coefficient (Wildman–Crippen LogP) is 2.58. The summed E-state index contributed by atoms with van der Waals surface area (Å²) in [7, 11) is 0. The number of hydrogen-bond donors (Lipinski definition) is 1. The number of carbonyl (C=O) groups is 2. The number of carbonyl (C=O) groups excluding carboxylic acids is 2. The van der Waals surface area contributed by atoms with Gasteiger partial charge in [-0.05, 0) is 13.0 Å². The Bertz CT molecular complexity index is 690. The number of rotatable bonds is 4. The minimum atomic E-state index is -0.433. The van der Waals surface area contributed by atoms with Gasteiger partial charge in [-0.25, -0.2) is 0 Å². The van der Waals surface area contributed by atoms with Crippen LogP contribution >= 0.6 is 0 Å². The molecule has 2 aromatic carbocycles. The van der Waals surface area contributed by atoms with Crippen molar-refractivity contribution < 1.29 is 24.2 Å². The van der Waals surface area contributed by atoms with Crippen LogP contribution < -0.4 is 4.74 Å². The molecule has 0 atom stereocenters. The van der Waals surface area contributed by atoms with Gasteiger partial charge >= 0.3 is 11.9 Å². The van der Waals surface area contributed by atoms with Gasteiger partial charge in [0.15, 0.2) is 0 Å². The predicted molar refractivity (Wildman–Crippen MR) is 77.3 cm³/mol. The molecule has 0 saturated heterocycles. The summed E-state index contributed by atoms with van der Waals surface area (Å²) in [5, 5.41) is 11.4. The molecule has 0 spiro atoms. The largest absolute Gasteiger partial charge is 0.507 e. The van der Waals surface area contributed by atoms with Gasteiger partial charge in [0, 0.05) is 23.3 Å². The first-order valence-corrected chi connectivity index (χ1v) is 6.60. The summed E-state index contributed by atoms with van der Waals surface area (Å²) >= 11 is 0. The topological polar surface area (TPSA) is 72.8 Å². The van der Waals surface area contributed by atoms with Crippen molar-refractivity contribution in [3.63, 3.8) is 0 Å². The molecule has 0 fully saturated rings. The summed E-state index contributed by atoms with van der Waals surface area (Å²) < 4.78 is 9.97. The Balaban J connectivity index is 2.43. The van der Waals surface area contributed by atoms with Crippen LogP contribution in [0.25, 0.3) is 10.8 Å². The van der Waals surface area contributed by atoms with E-state index in [1.54, 1.807) is 37.3 Å². The van der Waals surface area contributed by atoms with Crippen molar-refractivity contribution in [3.8, 4) is 11.5 Å². The van der Waals surface area contributed by atoms with Gasteiger partial charge < -0.3 is 14.6 Å². The van der Waals surface area contributed by atoms with Crippen molar-refractivity contribution in [2.45, 2.75) is 20.3 Å². The molecule has 0 amide bonds. The molecule has 1 N–H and O–H groups in total. The Hall–Kier alpha value is -2.56. The maximum absolute atomic E-state index is 11.5. The van der Waals surface area contributed by atoms with Crippen molar-refractivity contribution in [2.75, 3.05) is 6.61 Å². The molecule has 21 heavy (non-hydrogen) atoms. The van der Waals surface area contributed by atoms with Gasteiger partial charge in [-0.2, -0.15) is 0 Å². The highest BCUT2D eigenvalue weighted by molar-refractivity contribution is 5.95. The zero-order valence-electron chi connectivity index (χ0n) is 11.9. The quantitative estimate of drug-likeness (QED) is 0.691. The average molecular weight is 288 g/mol. The first-order chi connectivity index (χ1) is 10.0. The van der Waals surface area contributed by atoms with Crippen LogP contribution in [0.5, 0.6) is 11.5 Å². The summed E-state index contributed by atoms with van der Waals surface area (Å²) in [6.45, 7) is 3.33. The molecule has 0 aliphatic carbocycles. The van der Waals surface area contributed by atoms with Crippen LogP contribution in [0.2, 0.25) is 0 Å². The Morgan fingerprint density at radius 2 is 1.90 bits per heavy atom. The molecule has 0 aromatic heterocycles. The smallest absolute Gasteiger partial charge is 0.310 e. The standard InChI is InChI=1S/C16H16O5/c1-3-20-15(18)9-11-7-8-12-13(16(11)19)5-4-6-14(12)21-10(2)17/h4-8,19H,3,9H2,1-2H3. The lowest BCUT2D eigenvalue weighted by Gasteiger charge is -2.10. The van der Waals surface area contributed by atoms with Gasteiger partial charge in [-0.15, -0.1) is 0 Å². The van der Waals surface area contributed by atoms with Crippen LogP contribution in [0, 0.1) is 0 Å². The third-order valence-electron chi connectivity index (χ3n) is 2.97. The number of hydrogen-bond acceptors (Lipinski definition) is 5. The van der Waals surface area contributed by atoms with Crippen molar-refractivity contribution in [3.05, 3.63) is 35.9 Å². The SMILES string of the molecule is CCOC(=O)Cc1ccc2c(OC(C)=O)cccc2c1O. The summed E-state index contributed by atoms with van der Waals surface area (Å²) in [5.41, 5.74) is 0.473. The van der Waals surface area contributed by atoms with E-state index in [0.29, 0.717) is 28.7 Å². The van der Waals surface area contributed by atoms with E-state index in [0.717, 1.165) is 0 Å². The van der Waals surface area contributed by atoms with Crippen molar-refractivity contribution in [2.24, 2.45) is 0 Å². The van der Waals surface area contributed by atoms with E-state index in [-0.39, 0.29) is 12.2 Å². The molecular formula is C16H16O5. The number of aromatic hydroxyl groups is 1. The molecule has 0 bridgehead atoms. The Kier molecular flexibility index (Phi) is 4.42. The number of phenolic OH excluding ortho intramolecular Hbond substituents is 1. The molecule has 0 aliphatic heterocycles. The fourth-order valence-corrected chi connectivity index (χ4v) is 2.11. The molecule has 2 aromatic rings. The first-order valence-electron chi connectivity index (χ1n) is 6.60. The minimum Gasteiger partial charge on any atom is -0.507 e. The molecule has 0 unspecified atom stereocenters. The van der Waals surface area contributed by atoms with Gasteiger partial charge in [0.25, 0.3) is 0 Å².